The summed E-state index contributed by atoms with van der Waals surface area (Å²) in [5.41, 5.74) is 8.94. The van der Waals surface area contributed by atoms with Gasteiger partial charge in [-0.15, -0.1) is 11.3 Å². The summed E-state index contributed by atoms with van der Waals surface area (Å²) in [6.07, 6.45) is 0. The molecule has 3 aromatic rings. The first kappa shape index (κ1) is 13.4. The average molecular weight is 303 g/mol. The van der Waals surface area contributed by atoms with Gasteiger partial charge < -0.3 is 11.1 Å². The zero-order valence-electron chi connectivity index (χ0n) is 11.7. The van der Waals surface area contributed by atoms with E-state index in [-0.39, 0.29) is 6.04 Å². The molecule has 0 aliphatic rings. The van der Waals surface area contributed by atoms with Gasteiger partial charge in [0.1, 0.15) is 0 Å². The molecule has 0 saturated heterocycles. The van der Waals surface area contributed by atoms with Gasteiger partial charge in [0.05, 0.1) is 16.3 Å². The van der Waals surface area contributed by atoms with Crippen LogP contribution in [-0.4, -0.2) is 4.98 Å². The summed E-state index contributed by atoms with van der Waals surface area (Å²) in [5.74, 6) is 0. The number of nitrogen functional groups attached to an aromatic ring is 1. The summed E-state index contributed by atoms with van der Waals surface area (Å²) in [6, 6.07) is 8.35. The van der Waals surface area contributed by atoms with Crippen LogP contribution in [0.4, 0.5) is 10.8 Å². The normalized spacial score (nSPS) is 12.8. The van der Waals surface area contributed by atoms with Crippen LogP contribution in [0.25, 0.3) is 10.2 Å². The first-order chi connectivity index (χ1) is 9.52. The minimum Gasteiger partial charge on any atom is -0.399 e. The van der Waals surface area contributed by atoms with E-state index in [9.17, 15) is 0 Å². The van der Waals surface area contributed by atoms with E-state index in [1.807, 2.05) is 29.5 Å². The van der Waals surface area contributed by atoms with Gasteiger partial charge in [-0.3, -0.25) is 0 Å². The fourth-order valence-corrected chi connectivity index (χ4v) is 4.37. The Morgan fingerprint density at radius 3 is 2.70 bits per heavy atom. The van der Waals surface area contributed by atoms with Crippen molar-refractivity contribution in [2.45, 2.75) is 26.8 Å². The van der Waals surface area contributed by atoms with E-state index >= 15 is 0 Å². The maximum atomic E-state index is 5.81. The van der Waals surface area contributed by atoms with E-state index in [2.05, 4.69) is 37.1 Å². The first-order valence-electron chi connectivity index (χ1n) is 6.52. The summed E-state index contributed by atoms with van der Waals surface area (Å²) in [6.45, 7) is 6.49. The average Bonchev–Trinajstić information content (AvgIpc) is 2.91. The van der Waals surface area contributed by atoms with Crippen LogP contribution in [0.3, 0.4) is 0 Å². The van der Waals surface area contributed by atoms with Crippen molar-refractivity contribution >= 4 is 43.7 Å². The van der Waals surface area contributed by atoms with Gasteiger partial charge in [-0.05, 0) is 50.6 Å². The van der Waals surface area contributed by atoms with Crippen molar-refractivity contribution in [3.8, 4) is 0 Å². The maximum Gasteiger partial charge on any atom is 0.184 e. The van der Waals surface area contributed by atoms with Crippen LogP contribution in [0.2, 0.25) is 0 Å². The molecular formula is C15H17N3S2. The molecule has 0 bridgehead atoms. The van der Waals surface area contributed by atoms with Crippen LogP contribution in [0.15, 0.2) is 24.3 Å². The number of benzene rings is 1. The number of hydrogen-bond donors (Lipinski definition) is 2. The van der Waals surface area contributed by atoms with E-state index in [1.54, 1.807) is 11.3 Å². The Morgan fingerprint density at radius 2 is 2.00 bits per heavy atom. The summed E-state index contributed by atoms with van der Waals surface area (Å²) < 4.78 is 1.12. The van der Waals surface area contributed by atoms with E-state index < -0.39 is 0 Å². The molecule has 1 atom stereocenters. The lowest BCUT2D eigenvalue weighted by molar-refractivity contribution is 0.879. The molecule has 20 heavy (non-hydrogen) atoms. The number of nitrogens with zero attached hydrogens (tertiary/aromatic N) is 1. The second kappa shape index (κ2) is 5.07. The Morgan fingerprint density at radius 1 is 1.20 bits per heavy atom. The molecule has 0 fully saturated rings. The van der Waals surface area contributed by atoms with E-state index in [0.29, 0.717) is 0 Å². The molecule has 1 unspecified atom stereocenters. The highest BCUT2D eigenvalue weighted by Crippen LogP contribution is 2.32. The molecule has 2 heterocycles. The molecular weight excluding hydrogens is 286 g/mol. The third-order valence-electron chi connectivity index (χ3n) is 3.30. The molecule has 5 heteroatoms. The lowest BCUT2D eigenvalue weighted by Gasteiger charge is -2.12. The summed E-state index contributed by atoms with van der Waals surface area (Å²) >= 11 is 3.49. The molecule has 0 aliphatic heterocycles. The van der Waals surface area contributed by atoms with Crippen molar-refractivity contribution in [2.75, 3.05) is 11.1 Å². The van der Waals surface area contributed by atoms with E-state index in [0.717, 1.165) is 21.0 Å². The number of hydrogen-bond acceptors (Lipinski definition) is 5. The molecule has 0 saturated carbocycles. The number of thiazole rings is 1. The molecule has 3 nitrogen and oxygen atoms in total. The number of rotatable bonds is 3. The Hall–Kier alpha value is -1.59. The van der Waals surface area contributed by atoms with Crippen molar-refractivity contribution in [1.29, 1.82) is 0 Å². The highest BCUT2D eigenvalue weighted by molar-refractivity contribution is 7.22. The molecule has 3 rings (SSSR count). The van der Waals surface area contributed by atoms with Crippen LogP contribution in [0.1, 0.15) is 28.3 Å². The molecule has 0 spiro atoms. The van der Waals surface area contributed by atoms with Crippen LogP contribution in [-0.2, 0) is 0 Å². The Balaban J connectivity index is 1.87. The number of aryl methyl sites for hydroxylation is 2. The number of nitrogens with one attached hydrogen (secondary N) is 1. The van der Waals surface area contributed by atoms with Gasteiger partial charge in [0.25, 0.3) is 0 Å². The number of fused-ring (bicyclic) bond motifs is 1. The van der Waals surface area contributed by atoms with Gasteiger partial charge in [-0.25, -0.2) is 4.98 Å². The second-order valence-electron chi connectivity index (χ2n) is 4.98. The quantitative estimate of drug-likeness (QED) is 0.688. The van der Waals surface area contributed by atoms with Gasteiger partial charge in [-0.2, -0.15) is 0 Å². The van der Waals surface area contributed by atoms with Gasteiger partial charge in [-0.1, -0.05) is 11.3 Å². The number of anilines is 2. The third kappa shape index (κ3) is 2.51. The van der Waals surface area contributed by atoms with Crippen molar-refractivity contribution in [3.05, 3.63) is 39.6 Å². The van der Waals surface area contributed by atoms with Crippen molar-refractivity contribution in [1.82, 2.24) is 4.98 Å². The van der Waals surface area contributed by atoms with Gasteiger partial charge in [0.15, 0.2) is 5.13 Å². The predicted octanol–water partition coefficient (Wildman–Crippen LogP) is 4.73. The topological polar surface area (TPSA) is 50.9 Å². The highest BCUT2D eigenvalue weighted by Gasteiger charge is 2.13. The molecule has 0 aliphatic carbocycles. The Kier molecular flexibility index (Phi) is 3.40. The summed E-state index contributed by atoms with van der Waals surface area (Å²) in [7, 11) is 0. The van der Waals surface area contributed by atoms with Crippen LogP contribution in [0, 0.1) is 13.8 Å². The Labute approximate surface area is 126 Å². The largest absolute Gasteiger partial charge is 0.399 e. The zero-order valence-corrected chi connectivity index (χ0v) is 13.4. The third-order valence-corrected chi connectivity index (χ3v) is 5.23. The number of aromatic nitrogens is 1. The summed E-state index contributed by atoms with van der Waals surface area (Å²) in [4.78, 5) is 7.33. The molecule has 3 N–H and O–H groups in total. The van der Waals surface area contributed by atoms with E-state index in [1.165, 1.54) is 15.3 Å². The SMILES string of the molecule is Cc1cc(C(C)Nc2nc3ccc(N)cc3s2)c(C)s1. The lowest BCUT2D eigenvalue weighted by Crippen LogP contribution is -2.06. The minimum atomic E-state index is 0.262. The standard InChI is InChI=1S/C15H17N3S2/c1-8-6-12(10(3)19-8)9(2)17-15-18-13-5-4-11(16)7-14(13)20-15/h4-7,9H,16H2,1-3H3,(H,17,18). The van der Waals surface area contributed by atoms with Crippen molar-refractivity contribution in [3.63, 3.8) is 0 Å². The molecule has 1 aromatic carbocycles. The monoisotopic (exact) mass is 303 g/mol. The second-order valence-corrected chi connectivity index (χ2v) is 7.47. The zero-order chi connectivity index (χ0) is 14.3. The predicted molar refractivity (Wildman–Crippen MR) is 89.9 cm³/mol. The number of thiophene rings is 1. The Bertz CT molecular complexity index is 758. The van der Waals surface area contributed by atoms with Crippen molar-refractivity contribution in [2.24, 2.45) is 0 Å². The van der Waals surface area contributed by atoms with Crippen LogP contribution < -0.4 is 11.1 Å². The maximum absolute atomic E-state index is 5.81. The number of nitrogens with two attached hydrogens (primary N) is 1. The summed E-state index contributed by atoms with van der Waals surface area (Å²) in [5, 5.41) is 4.44. The van der Waals surface area contributed by atoms with Crippen LogP contribution >= 0.6 is 22.7 Å². The smallest absolute Gasteiger partial charge is 0.184 e. The van der Waals surface area contributed by atoms with E-state index in [4.69, 9.17) is 5.73 Å². The van der Waals surface area contributed by atoms with Gasteiger partial charge in [0, 0.05) is 15.4 Å². The molecule has 0 radical (unpaired) electrons. The molecule has 104 valence electrons. The molecule has 0 amide bonds. The highest BCUT2D eigenvalue weighted by atomic mass is 32.1. The first-order valence-corrected chi connectivity index (χ1v) is 8.16. The molecule has 2 aromatic heterocycles. The minimum absolute atomic E-state index is 0.262. The lowest BCUT2D eigenvalue weighted by atomic mass is 10.1. The van der Waals surface area contributed by atoms with Gasteiger partial charge in [0.2, 0.25) is 0 Å². The van der Waals surface area contributed by atoms with Crippen molar-refractivity contribution < 1.29 is 0 Å². The van der Waals surface area contributed by atoms with Gasteiger partial charge >= 0.3 is 0 Å². The van der Waals surface area contributed by atoms with Crippen LogP contribution in [0.5, 0.6) is 0 Å². The fraction of sp³-hybridized carbons (Fsp3) is 0.267. The fourth-order valence-electron chi connectivity index (χ4n) is 2.35.